The highest BCUT2D eigenvalue weighted by Crippen LogP contribution is 2.21. The molecule has 1 aromatic carbocycles. The highest BCUT2D eigenvalue weighted by Gasteiger charge is 2.20. The normalized spacial score (nSPS) is 17.8. The molecular weight excluding hydrogens is 386 g/mol. The topological polar surface area (TPSA) is 37.4 Å². The number of hydrogen-bond acceptors (Lipinski definition) is 2. The van der Waals surface area contributed by atoms with Gasteiger partial charge in [-0.2, -0.15) is 0 Å². The SMILES string of the molecule is CN(C(=O)CCCS(=O)c1ccc(Br)cc1)C1CCCCCCC1. The van der Waals surface area contributed by atoms with Crippen LogP contribution in [0.1, 0.15) is 57.8 Å². The zero-order chi connectivity index (χ0) is 17.4. The first kappa shape index (κ1) is 19.6. The summed E-state index contributed by atoms with van der Waals surface area (Å²) in [6, 6.07) is 7.96. The summed E-state index contributed by atoms with van der Waals surface area (Å²) in [5.74, 6) is 0.750. The van der Waals surface area contributed by atoms with Gasteiger partial charge in [-0.05, 0) is 43.5 Å². The second kappa shape index (κ2) is 10.3. The molecule has 0 aromatic heterocycles. The summed E-state index contributed by atoms with van der Waals surface area (Å²) < 4.78 is 13.2. The van der Waals surface area contributed by atoms with Crippen LogP contribution in [0.4, 0.5) is 0 Å². The van der Waals surface area contributed by atoms with Gasteiger partial charge in [-0.25, -0.2) is 0 Å². The van der Waals surface area contributed by atoms with Crippen LogP contribution in [0.3, 0.4) is 0 Å². The molecular formula is C19H28BrNO2S. The van der Waals surface area contributed by atoms with Crippen LogP contribution < -0.4 is 0 Å². The summed E-state index contributed by atoms with van der Waals surface area (Å²) in [6.07, 6.45) is 9.83. The Balaban J connectivity index is 1.75. The summed E-state index contributed by atoms with van der Waals surface area (Å²) in [5.41, 5.74) is 0. The summed E-state index contributed by atoms with van der Waals surface area (Å²) in [7, 11) is 0.922. The van der Waals surface area contributed by atoms with Crippen molar-refractivity contribution in [1.82, 2.24) is 4.90 Å². The van der Waals surface area contributed by atoms with E-state index in [0.717, 1.165) is 22.2 Å². The van der Waals surface area contributed by atoms with Crippen molar-refractivity contribution >= 4 is 32.6 Å². The summed E-state index contributed by atoms with van der Waals surface area (Å²) in [6.45, 7) is 0. The third-order valence-corrected chi connectivity index (χ3v) is 6.80. The molecule has 2 rings (SSSR count). The minimum Gasteiger partial charge on any atom is -0.343 e. The first-order chi connectivity index (χ1) is 11.6. The molecule has 5 heteroatoms. The molecule has 0 N–H and O–H groups in total. The van der Waals surface area contributed by atoms with E-state index in [2.05, 4.69) is 15.9 Å². The van der Waals surface area contributed by atoms with E-state index in [1.165, 1.54) is 32.1 Å². The van der Waals surface area contributed by atoms with Crippen LogP contribution in [-0.4, -0.2) is 33.9 Å². The Labute approximate surface area is 156 Å². The lowest BCUT2D eigenvalue weighted by Crippen LogP contribution is -2.37. The quantitative estimate of drug-likeness (QED) is 0.664. The summed E-state index contributed by atoms with van der Waals surface area (Å²) in [5, 5.41) is 0. The Kier molecular flexibility index (Phi) is 8.46. The molecule has 1 saturated carbocycles. The van der Waals surface area contributed by atoms with Crippen molar-refractivity contribution in [2.45, 2.75) is 68.7 Å². The van der Waals surface area contributed by atoms with Crippen molar-refractivity contribution in [2.75, 3.05) is 12.8 Å². The fourth-order valence-corrected chi connectivity index (χ4v) is 4.61. The molecule has 1 aliphatic carbocycles. The number of carbonyl (C=O) groups is 1. The Morgan fingerprint density at radius 1 is 1.12 bits per heavy atom. The van der Waals surface area contributed by atoms with Crippen molar-refractivity contribution in [3.63, 3.8) is 0 Å². The van der Waals surface area contributed by atoms with Gasteiger partial charge in [0.05, 0.1) is 10.8 Å². The summed E-state index contributed by atoms with van der Waals surface area (Å²) in [4.78, 5) is 15.2. The molecule has 0 radical (unpaired) electrons. The largest absolute Gasteiger partial charge is 0.343 e. The number of nitrogens with zero attached hydrogens (tertiary/aromatic N) is 1. The van der Waals surface area contributed by atoms with Crippen LogP contribution in [0.5, 0.6) is 0 Å². The average molecular weight is 414 g/mol. The van der Waals surface area contributed by atoms with E-state index in [9.17, 15) is 9.00 Å². The summed E-state index contributed by atoms with van der Waals surface area (Å²) >= 11 is 3.38. The van der Waals surface area contributed by atoms with Gasteiger partial charge in [-0.15, -0.1) is 0 Å². The van der Waals surface area contributed by atoms with Crippen LogP contribution in [-0.2, 0) is 15.6 Å². The molecule has 0 bridgehead atoms. The molecule has 0 saturated heterocycles. The van der Waals surface area contributed by atoms with Crippen molar-refractivity contribution in [1.29, 1.82) is 0 Å². The van der Waals surface area contributed by atoms with E-state index in [-0.39, 0.29) is 5.91 Å². The second-order valence-electron chi connectivity index (χ2n) is 6.61. The van der Waals surface area contributed by atoms with Crippen LogP contribution in [0.15, 0.2) is 33.6 Å². The van der Waals surface area contributed by atoms with E-state index >= 15 is 0 Å². The lowest BCUT2D eigenvalue weighted by molar-refractivity contribution is -0.132. The van der Waals surface area contributed by atoms with Crippen LogP contribution in [0.2, 0.25) is 0 Å². The fourth-order valence-electron chi connectivity index (χ4n) is 3.26. The highest BCUT2D eigenvalue weighted by molar-refractivity contribution is 9.10. The zero-order valence-corrected chi connectivity index (χ0v) is 16.9. The predicted octanol–water partition coefficient (Wildman–Crippen LogP) is 4.91. The van der Waals surface area contributed by atoms with Gasteiger partial charge < -0.3 is 4.90 Å². The Bertz CT molecular complexity index is 539. The van der Waals surface area contributed by atoms with E-state index in [4.69, 9.17) is 0 Å². The third-order valence-electron chi connectivity index (χ3n) is 4.81. The highest BCUT2D eigenvalue weighted by atomic mass is 79.9. The zero-order valence-electron chi connectivity index (χ0n) is 14.5. The van der Waals surface area contributed by atoms with E-state index in [1.54, 1.807) is 0 Å². The van der Waals surface area contributed by atoms with Gasteiger partial charge in [0.2, 0.25) is 5.91 Å². The third kappa shape index (κ3) is 6.32. The van der Waals surface area contributed by atoms with Gasteiger partial charge in [0, 0.05) is 34.6 Å². The van der Waals surface area contributed by atoms with Gasteiger partial charge in [-0.3, -0.25) is 9.00 Å². The lowest BCUT2D eigenvalue weighted by Gasteiger charge is -2.30. The molecule has 0 aliphatic heterocycles. The molecule has 1 amide bonds. The standard InChI is InChI=1S/C19H28BrNO2S/c1-21(17-8-5-3-2-4-6-9-17)19(22)10-7-15-24(23)18-13-11-16(20)12-14-18/h11-14,17H,2-10,15H2,1H3. The van der Waals surface area contributed by atoms with Crippen molar-refractivity contribution in [3.8, 4) is 0 Å². The molecule has 134 valence electrons. The predicted molar refractivity (Wildman–Crippen MR) is 104 cm³/mol. The van der Waals surface area contributed by atoms with Crippen molar-refractivity contribution < 1.29 is 9.00 Å². The number of benzene rings is 1. The molecule has 1 aliphatic rings. The smallest absolute Gasteiger partial charge is 0.222 e. The fraction of sp³-hybridized carbons (Fsp3) is 0.632. The Morgan fingerprint density at radius 3 is 2.33 bits per heavy atom. The van der Waals surface area contributed by atoms with E-state index < -0.39 is 10.8 Å². The number of halogens is 1. The number of amides is 1. The molecule has 1 atom stereocenters. The maximum atomic E-state index is 12.4. The molecule has 24 heavy (non-hydrogen) atoms. The minimum atomic E-state index is -1.02. The number of rotatable bonds is 6. The van der Waals surface area contributed by atoms with Gasteiger partial charge in [0.25, 0.3) is 0 Å². The molecule has 1 aromatic rings. The molecule has 1 fully saturated rings. The Hall–Kier alpha value is -0.680. The molecule has 0 spiro atoms. The lowest BCUT2D eigenvalue weighted by atomic mass is 9.95. The van der Waals surface area contributed by atoms with E-state index in [1.807, 2.05) is 36.2 Å². The molecule has 1 unspecified atom stereocenters. The van der Waals surface area contributed by atoms with Crippen molar-refractivity contribution in [2.24, 2.45) is 0 Å². The van der Waals surface area contributed by atoms with Gasteiger partial charge >= 0.3 is 0 Å². The number of hydrogen-bond donors (Lipinski definition) is 0. The van der Waals surface area contributed by atoms with Crippen molar-refractivity contribution in [3.05, 3.63) is 28.7 Å². The Morgan fingerprint density at radius 2 is 1.71 bits per heavy atom. The molecule has 3 nitrogen and oxygen atoms in total. The van der Waals surface area contributed by atoms with Crippen LogP contribution in [0.25, 0.3) is 0 Å². The molecule has 0 heterocycles. The maximum Gasteiger partial charge on any atom is 0.222 e. The van der Waals surface area contributed by atoms with E-state index in [0.29, 0.717) is 24.6 Å². The first-order valence-corrected chi connectivity index (χ1v) is 11.1. The average Bonchev–Trinajstić information content (AvgIpc) is 2.54. The monoisotopic (exact) mass is 413 g/mol. The number of carbonyl (C=O) groups excluding carboxylic acids is 1. The van der Waals surface area contributed by atoms with Gasteiger partial charge in [-0.1, -0.05) is 48.0 Å². The second-order valence-corrected chi connectivity index (χ2v) is 9.10. The minimum absolute atomic E-state index is 0.202. The van der Waals surface area contributed by atoms with Crippen LogP contribution >= 0.6 is 15.9 Å². The first-order valence-electron chi connectivity index (χ1n) is 8.97. The van der Waals surface area contributed by atoms with Gasteiger partial charge in [0.15, 0.2) is 0 Å². The maximum absolute atomic E-state index is 12.4. The van der Waals surface area contributed by atoms with Gasteiger partial charge in [0.1, 0.15) is 0 Å². The van der Waals surface area contributed by atoms with Crippen LogP contribution in [0, 0.1) is 0 Å².